The summed E-state index contributed by atoms with van der Waals surface area (Å²) in [5.74, 6) is -0.419. The topological polar surface area (TPSA) is 66.8 Å². The van der Waals surface area contributed by atoms with Crippen LogP contribution < -0.4 is 0 Å². The van der Waals surface area contributed by atoms with Gasteiger partial charge in [0.2, 0.25) is 0 Å². The fraction of sp³-hybridized carbons (Fsp3) is 0.800. The molecule has 0 amide bonds. The highest BCUT2D eigenvalue weighted by molar-refractivity contribution is 5.70. The second-order valence-corrected chi connectivity index (χ2v) is 6.43. The third-order valence-corrected chi connectivity index (χ3v) is 3.47. The van der Waals surface area contributed by atoms with Crippen LogP contribution in [0.25, 0.3) is 0 Å². The second kappa shape index (κ2) is 6.53. The van der Waals surface area contributed by atoms with E-state index in [-0.39, 0.29) is 36.8 Å². The molecule has 0 aromatic heterocycles. The van der Waals surface area contributed by atoms with Crippen LogP contribution in [-0.4, -0.2) is 34.5 Å². The summed E-state index contributed by atoms with van der Waals surface area (Å²) in [6.45, 7) is 7.30. The lowest BCUT2D eigenvalue weighted by Gasteiger charge is -2.28. The molecule has 19 heavy (non-hydrogen) atoms. The third-order valence-electron chi connectivity index (χ3n) is 3.47. The van der Waals surface area contributed by atoms with Crippen LogP contribution in [0.15, 0.2) is 12.2 Å². The van der Waals surface area contributed by atoms with E-state index in [0.717, 1.165) is 6.42 Å². The number of carbonyl (C=O) groups is 1. The van der Waals surface area contributed by atoms with Gasteiger partial charge in [0.15, 0.2) is 0 Å². The minimum atomic E-state index is -0.590. The van der Waals surface area contributed by atoms with Gasteiger partial charge in [-0.2, -0.15) is 0 Å². The Kier molecular flexibility index (Phi) is 5.56. The van der Waals surface area contributed by atoms with Crippen molar-refractivity contribution >= 4 is 5.97 Å². The van der Waals surface area contributed by atoms with Gasteiger partial charge in [0.1, 0.15) is 5.60 Å². The summed E-state index contributed by atoms with van der Waals surface area (Å²) < 4.78 is 5.31. The number of allylic oxidation sites excluding steroid dienone is 2. The van der Waals surface area contributed by atoms with Gasteiger partial charge < -0.3 is 14.9 Å². The largest absolute Gasteiger partial charge is 0.460 e. The van der Waals surface area contributed by atoms with Crippen LogP contribution in [-0.2, 0) is 9.53 Å². The lowest BCUT2D eigenvalue weighted by Crippen LogP contribution is -2.34. The van der Waals surface area contributed by atoms with Gasteiger partial charge in [-0.3, -0.25) is 4.79 Å². The Balaban J connectivity index is 2.57. The van der Waals surface area contributed by atoms with E-state index in [1.807, 2.05) is 39.8 Å². The maximum absolute atomic E-state index is 11.8. The van der Waals surface area contributed by atoms with Crippen LogP contribution in [0, 0.1) is 17.8 Å². The molecule has 0 unspecified atom stereocenters. The quantitative estimate of drug-likeness (QED) is 0.591. The van der Waals surface area contributed by atoms with Crippen molar-refractivity contribution in [2.75, 3.05) is 6.61 Å². The standard InChI is InChI=1S/C15H26O4/c1-10(9-16)14(18)12-7-5-6-11(12)8-13(17)19-15(2,3)4/h5-6,10-12,14,16,18H,7-9H2,1-4H3/t10-,11-,12-,14+/m1/s1. The highest BCUT2D eigenvalue weighted by Gasteiger charge is 2.34. The molecule has 0 radical (unpaired) electrons. The highest BCUT2D eigenvalue weighted by atomic mass is 16.6. The third kappa shape index (κ3) is 4.96. The van der Waals surface area contributed by atoms with Gasteiger partial charge >= 0.3 is 5.97 Å². The molecule has 0 saturated carbocycles. The van der Waals surface area contributed by atoms with Crippen molar-refractivity contribution in [3.8, 4) is 0 Å². The summed E-state index contributed by atoms with van der Waals surface area (Å²) in [5.41, 5.74) is -0.480. The number of aliphatic hydroxyl groups excluding tert-OH is 2. The zero-order valence-corrected chi connectivity index (χ0v) is 12.3. The van der Waals surface area contributed by atoms with Crippen LogP contribution >= 0.6 is 0 Å². The number of aliphatic hydroxyl groups is 2. The monoisotopic (exact) mass is 270 g/mol. The smallest absolute Gasteiger partial charge is 0.306 e. The molecule has 0 aliphatic heterocycles. The molecule has 4 atom stereocenters. The summed E-state index contributed by atoms with van der Waals surface area (Å²) in [5, 5.41) is 19.3. The molecular weight excluding hydrogens is 244 g/mol. The molecule has 1 aliphatic carbocycles. The molecular formula is C15H26O4. The molecule has 4 nitrogen and oxygen atoms in total. The molecule has 0 spiro atoms. The minimum Gasteiger partial charge on any atom is -0.460 e. The van der Waals surface area contributed by atoms with Crippen molar-refractivity contribution < 1.29 is 19.7 Å². The van der Waals surface area contributed by atoms with Crippen molar-refractivity contribution in [2.24, 2.45) is 17.8 Å². The van der Waals surface area contributed by atoms with Gasteiger partial charge in [-0.1, -0.05) is 19.1 Å². The minimum absolute atomic E-state index is 0.00106. The van der Waals surface area contributed by atoms with Crippen LogP contribution in [0.4, 0.5) is 0 Å². The summed E-state index contributed by atoms with van der Waals surface area (Å²) in [4.78, 5) is 11.8. The SMILES string of the molecule is C[C@H](CO)[C@H](O)[C@@H]1CC=C[C@@H]1CC(=O)OC(C)(C)C. The van der Waals surface area contributed by atoms with Gasteiger partial charge in [-0.15, -0.1) is 0 Å². The summed E-state index contributed by atoms with van der Waals surface area (Å²) in [6.07, 6.45) is 4.41. The van der Waals surface area contributed by atoms with E-state index in [1.54, 1.807) is 0 Å². The molecule has 0 aromatic rings. The van der Waals surface area contributed by atoms with Gasteiger partial charge in [-0.25, -0.2) is 0 Å². The predicted octanol–water partition coefficient (Wildman–Crippen LogP) is 1.90. The number of rotatable bonds is 5. The van der Waals surface area contributed by atoms with Gasteiger partial charge in [0.05, 0.1) is 12.5 Å². The maximum Gasteiger partial charge on any atom is 0.306 e. The van der Waals surface area contributed by atoms with Crippen molar-refractivity contribution in [1.82, 2.24) is 0 Å². The molecule has 0 fully saturated rings. The van der Waals surface area contributed by atoms with Gasteiger partial charge in [0, 0.05) is 12.5 Å². The average Bonchev–Trinajstić information content (AvgIpc) is 2.72. The molecule has 4 heteroatoms. The molecule has 0 aromatic carbocycles. The molecule has 0 heterocycles. The number of hydrogen-bond donors (Lipinski definition) is 2. The summed E-state index contributed by atoms with van der Waals surface area (Å²) >= 11 is 0. The lowest BCUT2D eigenvalue weighted by atomic mass is 9.83. The Morgan fingerprint density at radius 1 is 1.47 bits per heavy atom. The Morgan fingerprint density at radius 2 is 2.11 bits per heavy atom. The van der Waals surface area contributed by atoms with Crippen LogP contribution in [0.1, 0.15) is 40.5 Å². The molecule has 110 valence electrons. The Labute approximate surface area is 115 Å². The maximum atomic E-state index is 11.8. The van der Waals surface area contributed by atoms with Crippen LogP contribution in [0.3, 0.4) is 0 Å². The number of hydrogen-bond acceptors (Lipinski definition) is 4. The Morgan fingerprint density at radius 3 is 2.63 bits per heavy atom. The highest BCUT2D eigenvalue weighted by Crippen LogP contribution is 2.34. The predicted molar refractivity (Wildman–Crippen MR) is 73.5 cm³/mol. The molecule has 0 saturated heterocycles. The van der Waals surface area contributed by atoms with E-state index in [2.05, 4.69) is 0 Å². The van der Waals surface area contributed by atoms with E-state index >= 15 is 0 Å². The molecule has 0 bridgehead atoms. The van der Waals surface area contributed by atoms with Crippen molar-refractivity contribution in [2.45, 2.75) is 52.2 Å². The van der Waals surface area contributed by atoms with Gasteiger partial charge in [-0.05, 0) is 39.0 Å². The fourth-order valence-corrected chi connectivity index (χ4v) is 2.45. The first kappa shape index (κ1) is 16.2. The Hall–Kier alpha value is -0.870. The van der Waals surface area contributed by atoms with E-state index in [9.17, 15) is 9.90 Å². The van der Waals surface area contributed by atoms with Gasteiger partial charge in [0.25, 0.3) is 0 Å². The van der Waals surface area contributed by atoms with Crippen LogP contribution in [0.5, 0.6) is 0 Å². The summed E-state index contributed by atoms with van der Waals surface area (Å²) in [6, 6.07) is 0. The molecule has 1 aliphatic rings. The first-order chi connectivity index (χ1) is 8.74. The first-order valence-electron chi connectivity index (χ1n) is 6.92. The number of ether oxygens (including phenoxy) is 1. The lowest BCUT2D eigenvalue weighted by molar-refractivity contribution is -0.156. The molecule has 2 N–H and O–H groups in total. The average molecular weight is 270 g/mol. The number of esters is 1. The molecule has 1 rings (SSSR count). The van der Waals surface area contributed by atoms with Crippen molar-refractivity contribution in [3.63, 3.8) is 0 Å². The first-order valence-corrected chi connectivity index (χ1v) is 6.92. The fourth-order valence-electron chi connectivity index (χ4n) is 2.45. The van der Waals surface area contributed by atoms with Crippen molar-refractivity contribution in [3.05, 3.63) is 12.2 Å². The summed E-state index contributed by atoms with van der Waals surface area (Å²) in [7, 11) is 0. The van der Waals surface area contributed by atoms with Crippen LogP contribution in [0.2, 0.25) is 0 Å². The zero-order chi connectivity index (χ0) is 14.6. The Bertz CT molecular complexity index is 330. The van der Waals surface area contributed by atoms with E-state index in [0.29, 0.717) is 0 Å². The normalized spacial score (nSPS) is 26.2. The number of carbonyl (C=O) groups excluding carboxylic acids is 1. The van der Waals surface area contributed by atoms with E-state index < -0.39 is 11.7 Å². The second-order valence-electron chi connectivity index (χ2n) is 6.43. The van der Waals surface area contributed by atoms with Crippen molar-refractivity contribution in [1.29, 1.82) is 0 Å². The zero-order valence-electron chi connectivity index (χ0n) is 12.3. The van der Waals surface area contributed by atoms with E-state index in [4.69, 9.17) is 9.84 Å². The van der Waals surface area contributed by atoms with E-state index in [1.165, 1.54) is 0 Å².